The van der Waals surface area contributed by atoms with Crippen LogP contribution in [0.5, 0.6) is 0 Å². The maximum Gasteiger partial charge on any atom is 0.418 e. The van der Waals surface area contributed by atoms with E-state index in [-0.39, 0.29) is 22.8 Å². The van der Waals surface area contributed by atoms with Gasteiger partial charge >= 0.3 is 6.18 Å². The quantitative estimate of drug-likeness (QED) is 0.452. The molecular formula is C21H21F3N6OS. The molecule has 0 fully saturated rings. The molecule has 0 bridgehead atoms. The van der Waals surface area contributed by atoms with Crippen molar-refractivity contribution in [2.75, 3.05) is 16.4 Å². The number of carbonyl (C=O) groups is 1. The normalized spacial score (nSPS) is 13.3. The Bertz CT molecular complexity index is 1080. The lowest BCUT2D eigenvalue weighted by molar-refractivity contribution is -0.137. The van der Waals surface area contributed by atoms with Crippen molar-refractivity contribution in [3.05, 3.63) is 66.0 Å². The van der Waals surface area contributed by atoms with Gasteiger partial charge in [-0.15, -0.1) is 11.8 Å². The molecule has 1 amide bonds. The number of nitrogens with two attached hydrogens (primary N) is 1. The molecule has 2 atom stereocenters. The molecule has 0 saturated heterocycles. The van der Waals surface area contributed by atoms with Gasteiger partial charge in [-0.3, -0.25) is 4.79 Å². The first-order chi connectivity index (χ1) is 15.1. The van der Waals surface area contributed by atoms with Crippen molar-refractivity contribution < 1.29 is 18.0 Å². The van der Waals surface area contributed by atoms with Gasteiger partial charge in [-0.25, -0.2) is 0 Å². The van der Waals surface area contributed by atoms with E-state index in [0.29, 0.717) is 5.82 Å². The summed E-state index contributed by atoms with van der Waals surface area (Å²) >= 11 is 1.19. The smallest absolute Gasteiger partial charge is 0.368 e. The van der Waals surface area contributed by atoms with Crippen LogP contribution < -0.4 is 16.4 Å². The molecule has 0 aliphatic heterocycles. The standard InChI is InChI=1S/C21H21F3N6OS/c1-12(17-28-19(25)30-20(29-17)26-14-8-4-3-5-9-14)32-13(2)18(31)27-16-11-7-6-10-15(16)21(22,23)24/h3-13H,1-2H3,(H,27,31)(H3,25,26,28,29,30). The Morgan fingerprint density at radius 2 is 1.66 bits per heavy atom. The number of aromatic nitrogens is 3. The zero-order valence-electron chi connectivity index (χ0n) is 17.2. The average Bonchev–Trinajstić information content (AvgIpc) is 2.73. The summed E-state index contributed by atoms with van der Waals surface area (Å²) in [6.07, 6.45) is -4.57. The molecule has 1 heterocycles. The van der Waals surface area contributed by atoms with E-state index < -0.39 is 22.9 Å². The SMILES string of the molecule is CC(SC(C)c1nc(N)nc(Nc2ccccc2)n1)C(=O)Nc1ccccc1C(F)(F)F. The Morgan fingerprint density at radius 3 is 2.34 bits per heavy atom. The minimum absolute atomic E-state index is 0.0112. The summed E-state index contributed by atoms with van der Waals surface area (Å²) in [6, 6.07) is 14.1. The van der Waals surface area contributed by atoms with Crippen LogP contribution in [0, 0.1) is 0 Å². The molecule has 0 spiro atoms. The molecule has 168 valence electrons. The molecule has 32 heavy (non-hydrogen) atoms. The van der Waals surface area contributed by atoms with Crippen LogP contribution in [0.1, 0.15) is 30.5 Å². The molecular weight excluding hydrogens is 441 g/mol. The number of amides is 1. The third-order valence-corrected chi connectivity index (χ3v) is 5.57. The number of nitrogens with zero attached hydrogens (tertiary/aromatic N) is 3. The van der Waals surface area contributed by atoms with E-state index in [1.165, 1.54) is 30.0 Å². The molecule has 7 nitrogen and oxygen atoms in total. The van der Waals surface area contributed by atoms with Crippen LogP contribution in [0.4, 0.5) is 36.4 Å². The number of thioether (sulfide) groups is 1. The number of rotatable bonds is 7. The number of hydrogen-bond acceptors (Lipinski definition) is 7. The molecule has 1 aromatic heterocycles. The molecule has 3 rings (SSSR count). The van der Waals surface area contributed by atoms with Gasteiger partial charge in [0.1, 0.15) is 5.82 Å². The van der Waals surface area contributed by atoms with Gasteiger partial charge in [0.2, 0.25) is 17.8 Å². The Kier molecular flexibility index (Phi) is 7.18. The lowest BCUT2D eigenvalue weighted by Gasteiger charge is -2.18. The van der Waals surface area contributed by atoms with Gasteiger partial charge in [-0.2, -0.15) is 28.1 Å². The second-order valence-corrected chi connectivity index (χ2v) is 8.51. The number of alkyl halides is 3. The van der Waals surface area contributed by atoms with Gasteiger partial charge in [0.05, 0.1) is 21.8 Å². The van der Waals surface area contributed by atoms with E-state index in [0.717, 1.165) is 11.8 Å². The summed E-state index contributed by atoms with van der Waals surface area (Å²) in [5.74, 6) is 0.0407. The number of nitrogen functional groups attached to an aromatic ring is 1. The van der Waals surface area contributed by atoms with Crippen molar-refractivity contribution in [2.24, 2.45) is 0 Å². The van der Waals surface area contributed by atoms with Crippen LogP contribution in [-0.4, -0.2) is 26.1 Å². The van der Waals surface area contributed by atoms with Crippen molar-refractivity contribution in [3.63, 3.8) is 0 Å². The second-order valence-electron chi connectivity index (χ2n) is 6.82. The van der Waals surface area contributed by atoms with Crippen LogP contribution in [0.2, 0.25) is 0 Å². The molecule has 0 aliphatic rings. The van der Waals surface area contributed by atoms with E-state index in [1.54, 1.807) is 13.8 Å². The summed E-state index contributed by atoms with van der Waals surface area (Å²) in [5.41, 5.74) is 5.38. The highest BCUT2D eigenvalue weighted by Gasteiger charge is 2.34. The summed E-state index contributed by atoms with van der Waals surface area (Å²) in [6.45, 7) is 3.37. The van der Waals surface area contributed by atoms with Gasteiger partial charge in [0.25, 0.3) is 0 Å². The Hall–Kier alpha value is -3.34. The van der Waals surface area contributed by atoms with Crippen LogP contribution in [0.25, 0.3) is 0 Å². The highest BCUT2D eigenvalue weighted by Crippen LogP contribution is 2.36. The maximum absolute atomic E-state index is 13.2. The van der Waals surface area contributed by atoms with Crippen LogP contribution in [-0.2, 0) is 11.0 Å². The van der Waals surface area contributed by atoms with Crippen molar-refractivity contribution >= 4 is 40.9 Å². The first-order valence-electron chi connectivity index (χ1n) is 9.59. The van der Waals surface area contributed by atoms with Gasteiger partial charge in [-0.05, 0) is 38.1 Å². The largest absolute Gasteiger partial charge is 0.418 e. The molecule has 4 N–H and O–H groups in total. The van der Waals surface area contributed by atoms with Gasteiger partial charge < -0.3 is 16.4 Å². The lowest BCUT2D eigenvalue weighted by atomic mass is 10.1. The zero-order chi connectivity index (χ0) is 23.3. The monoisotopic (exact) mass is 462 g/mol. The van der Waals surface area contributed by atoms with Crippen molar-refractivity contribution in [3.8, 4) is 0 Å². The average molecular weight is 463 g/mol. The van der Waals surface area contributed by atoms with E-state index >= 15 is 0 Å². The molecule has 2 aromatic carbocycles. The minimum atomic E-state index is -4.57. The Labute approximate surface area is 187 Å². The lowest BCUT2D eigenvalue weighted by Crippen LogP contribution is -2.25. The summed E-state index contributed by atoms with van der Waals surface area (Å²) in [7, 11) is 0. The fourth-order valence-corrected chi connectivity index (χ4v) is 3.82. The van der Waals surface area contributed by atoms with Crippen LogP contribution in [0.3, 0.4) is 0 Å². The first kappa shape index (κ1) is 23.3. The molecule has 0 radical (unpaired) electrons. The minimum Gasteiger partial charge on any atom is -0.368 e. The third-order valence-electron chi connectivity index (χ3n) is 4.33. The number of hydrogen-bond donors (Lipinski definition) is 3. The number of benzene rings is 2. The predicted octanol–water partition coefficient (Wildman–Crippen LogP) is 5.04. The fraction of sp³-hybridized carbons (Fsp3) is 0.238. The van der Waals surface area contributed by atoms with Gasteiger partial charge in [-0.1, -0.05) is 30.3 Å². The number of nitrogens with one attached hydrogen (secondary N) is 2. The number of anilines is 4. The van der Waals surface area contributed by atoms with Crippen LogP contribution >= 0.6 is 11.8 Å². The molecule has 0 saturated carbocycles. The van der Waals surface area contributed by atoms with Crippen LogP contribution in [0.15, 0.2) is 54.6 Å². The summed E-state index contributed by atoms with van der Waals surface area (Å²) < 4.78 is 39.5. The van der Waals surface area contributed by atoms with Gasteiger partial charge in [0, 0.05) is 5.69 Å². The molecule has 11 heteroatoms. The zero-order valence-corrected chi connectivity index (χ0v) is 18.0. The van der Waals surface area contributed by atoms with Gasteiger partial charge in [0.15, 0.2) is 0 Å². The summed E-state index contributed by atoms with van der Waals surface area (Å²) in [4.78, 5) is 25.1. The third kappa shape index (κ3) is 6.10. The number of para-hydroxylation sites is 2. The topological polar surface area (TPSA) is 106 Å². The Balaban J connectivity index is 1.69. The van der Waals surface area contributed by atoms with Crippen molar-refractivity contribution in [1.29, 1.82) is 0 Å². The maximum atomic E-state index is 13.2. The highest BCUT2D eigenvalue weighted by molar-refractivity contribution is 8.00. The first-order valence-corrected chi connectivity index (χ1v) is 10.5. The fourth-order valence-electron chi connectivity index (χ4n) is 2.80. The molecule has 2 unspecified atom stereocenters. The van der Waals surface area contributed by atoms with Crippen molar-refractivity contribution in [1.82, 2.24) is 15.0 Å². The highest BCUT2D eigenvalue weighted by atomic mass is 32.2. The van der Waals surface area contributed by atoms with E-state index in [9.17, 15) is 18.0 Å². The number of carbonyl (C=O) groups excluding carboxylic acids is 1. The summed E-state index contributed by atoms with van der Waals surface area (Å²) in [5, 5.41) is 4.33. The Morgan fingerprint density at radius 1 is 1.00 bits per heavy atom. The van der Waals surface area contributed by atoms with E-state index in [2.05, 4.69) is 25.6 Å². The van der Waals surface area contributed by atoms with Crippen molar-refractivity contribution in [2.45, 2.75) is 30.5 Å². The van der Waals surface area contributed by atoms with E-state index in [4.69, 9.17) is 5.73 Å². The number of halogens is 3. The van der Waals surface area contributed by atoms with E-state index in [1.807, 2.05) is 30.3 Å². The predicted molar refractivity (Wildman–Crippen MR) is 120 cm³/mol. The molecule has 0 aliphatic carbocycles. The second kappa shape index (κ2) is 9.86. The molecule has 3 aromatic rings.